The molecule has 11 heteroatoms. The number of amides is 1. The second-order valence-electron chi connectivity index (χ2n) is 8.10. The molecular weight excluding hydrogens is 467 g/mol. The number of nitrogens with two attached hydrogens (primary N) is 2. The first-order valence-electron chi connectivity index (χ1n) is 11.3. The van der Waals surface area contributed by atoms with Crippen molar-refractivity contribution in [1.29, 1.82) is 0 Å². The molecule has 4 rings (SSSR count). The van der Waals surface area contributed by atoms with Gasteiger partial charge in [-0.1, -0.05) is 36.4 Å². The topological polar surface area (TPSA) is 146 Å². The Morgan fingerprint density at radius 2 is 1.72 bits per heavy atom. The molecule has 0 aliphatic carbocycles. The lowest BCUT2D eigenvalue weighted by Gasteiger charge is -2.31. The van der Waals surface area contributed by atoms with Crippen molar-refractivity contribution in [3.05, 3.63) is 77.9 Å². The maximum absolute atomic E-state index is 15.0. The molecule has 1 fully saturated rings. The Morgan fingerprint density at radius 1 is 1.03 bits per heavy atom. The summed E-state index contributed by atoms with van der Waals surface area (Å²) in [7, 11) is 0. The van der Waals surface area contributed by atoms with Gasteiger partial charge >= 0.3 is 12.1 Å². The molecule has 0 saturated carbocycles. The Morgan fingerprint density at radius 3 is 2.39 bits per heavy atom. The molecule has 0 spiro atoms. The quantitative estimate of drug-likeness (QED) is 0.301. The fraction of sp³-hybridized carbons (Fsp3) is 0.240. The summed E-state index contributed by atoms with van der Waals surface area (Å²) in [5.41, 5.74) is 11.7. The number of hydrogen-bond acceptors (Lipinski definition) is 7. The molecule has 0 atom stereocenters. The van der Waals surface area contributed by atoms with Gasteiger partial charge in [0, 0.05) is 55.0 Å². The van der Waals surface area contributed by atoms with Crippen LogP contribution in [0, 0.1) is 5.82 Å². The van der Waals surface area contributed by atoms with Gasteiger partial charge in [0.2, 0.25) is 5.95 Å². The van der Waals surface area contributed by atoms with E-state index in [4.69, 9.17) is 20.9 Å². The first-order valence-corrected chi connectivity index (χ1v) is 11.3. The van der Waals surface area contributed by atoms with Gasteiger partial charge in [0.05, 0.1) is 5.56 Å². The largest absolute Gasteiger partial charge is 0.459 e. The van der Waals surface area contributed by atoms with E-state index in [0.29, 0.717) is 43.0 Å². The van der Waals surface area contributed by atoms with Crippen LogP contribution < -0.4 is 16.4 Å². The Bertz CT molecular complexity index is 1240. The van der Waals surface area contributed by atoms with Gasteiger partial charge in [0.25, 0.3) is 0 Å². The van der Waals surface area contributed by atoms with E-state index in [2.05, 4.69) is 15.0 Å². The third-order valence-electron chi connectivity index (χ3n) is 5.61. The molecule has 0 unspecified atom stereocenters. The van der Waals surface area contributed by atoms with Crippen LogP contribution in [-0.4, -0.2) is 47.2 Å². The summed E-state index contributed by atoms with van der Waals surface area (Å²) in [5.74, 6) is -0.824. The smallest absolute Gasteiger partial charge is 0.437 e. The average molecular weight is 493 g/mol. The number of ether oxygens (including phenoxy) is 2. The monoisotopic (exact) mass is 492 g/mol. The highest BCUT2D eigenvalue weighted by Crippen LogP contribution is 2.26. The second kappa shape index (κ2) is 11.3. The van der Waals surface area contributed by atoms with Gasteiger partial charge < -0.3 is 25.8 Å². The third kappa shape index (κ3) is 6.12. The minimum absolute atomic E-state index is 0.155. The number of carbonyl (C=O) groups excluding carboxylic acids is 2. The summed E-state index contributed by atoms with van der Waals surface area (Å²) in [5, 5.41) is 0. The number of esters is 1. The lowest BCUT2D eigenvalue weighted by Crippen LogP contribution is -2.38. The number of anilines is 1. The summed E-state index contributed by atoms with van der Waals surface area (Å²) in [4.78, 5) is 37.8. The minimum Gasteiger partial charge on any atom is -0.459 e. The van der Waals surface area contributed by atoms with Crippen molar-refractivity contribution in [2.75, 3.05) is 18.0 Å². The van der Waals surface area contributed by atoms with Crippen molar-refractivity contribution in [3.8, 4) is 11.1 Å². The van der Waals surface area contributed by atoms with E-state index < -0.39 is 17.9 Å². The van der Waals surface area contributed by atoms with Gasteiger partial charge in [-0.15, -0.1) is 4.99 Å². The fourth-order valence-electron chi connectivity index (χ4n) is 3.78. The van der Waals surface area contributed by atoms with Gasteiger partial charge in [-0.25, -0.2) is 23.9 Å². The molecule has 36 heavy (non-hydrogen) atoms. The summed E-state index contributed by atoms with van der Waals surface area (Å²) in [6, 6.07) is 13.6. The second-order valence-corrected chi connectivity index (χ2v) is 8.10. The number of benzene rings is 2. The summed E-state index contributed by atoms with van der Waals surface area (Å²) in [6.45, 7) is 0.909. The van der Waals surface area contributed by atoms with E-state index in [9.17, 15) is 9.59 Å². The van der Waals surface area contributed by atoms with Crippen molar-refractivity contribution >= 4 is 24.0 Å². The number of halogens is 1. The average Bonchev–Trinajstić information content (AvgIpc) is 2.89. The van der Waals surface area contributed by atoms with Gasteiger partial charge in [0.1, 0.15) is 18.5 Å². The Hall–Kier alpha value is -4.54. The maximum Gasteiger partial charge on any atom is 0.437 e. The molecular formula is C25H25FN6O4. The van der Waals surface area contributed by atoms with Crippen LogP contribution in [0.2, 0.25) is 0 Å². The van der Waals surface area contributed by atoms with Crippen LogP contribution in [-0.2, 0) is 16.1 Å². The molecule has 1 saturated heterocycles. The predicted octanol–water partition coefficient (Wildman–Crippen LogP) is 3.02. The minimum atomic E-state index is -1.01. The van der Waals surface area contributed by atoms with E-state index in [1.54, 1.807) is 36.4 Å². The van der Waals surface area contributed by atoms with E-state index in [0.717, 1.165) is 0 Å². The van der Waals surface area contributed by atoms with E-state index in [1.165, 1.54) is 18.5 Å². The van der Waals surface area contributed by atoms with Gasteiger partial charge in [-0.2, -0.15) is 0 Å². The molecule has 2 aromatic carbocycles. The third-order valence-corrected chi connectivity index (χ3v) is 5.61. The lowest BCUT2D eigenvalue weighted by molar-refractivity contribution is 0.0244. The molecule has 1 aromatic heterocycles. The number of carbonyl (C=O) groups is 2. The van der Waals surface area contributed by atoms with Crippen molar-refractivity contribution in [1.82, 2.24) is 9.97 Å². The molecule has 0 radical (unpaired) electrons. The van der Waals surface area contributed by atoms with E-state index in [-0.39, 0.29) is 29.8 Å². The number of rotatable bonds is 6. The molecule has 1 aliphatic rings. The van der Waals surface area contributed by atoms with Crippen LogP contribution in [0.1, 0.15) is 28.8 Å². The van der Waals surface area contributed by atoms with Crippen molar-refractivity contribution in [2.24, 2.45) is 16.5 Å². The number of piperidine rings is 1. The Kier molecular flexibility index (Phi) is 7.69. The van der Waals surface area contributed by atoms with E-state index in [1.807, 2.05) is 11.0 Å². The van der Waals surface area contributed by atoms with Gasteiger partial charge in [-0.05, 0) is 12.1 Å². The fourth-order valence-corrected chi connectivity index (χ4v) is 3.78. The summed E-state index contributed by atoms with van der Waals surface area (Å²) < 4.78 is 25.5. The molecule has 10 nitrogen and oxygen atoms in total. The first kappa shape index (κ1) is 24.6. The number of hydrogen-bond donors (Lipinski definition) is 2. The molecule has 1 amide bonds. The summed E-state index contributed by atoms with van der Waals surface area (Å²) >= 11 is 0. The molecule has 0 bridgehead atoms. The highest BCUT2D eigenvalue weighted by Gasteiger charge is 2.24. The highest BCUT2D eigenvalue weighted by atomic mass is 19.1. The Balaban J connectivity index is 1.35. The molecule has 186 valence electrons. The van der Waals surface area contributed by atoms with Gasteiger partial charge in [0.15, 0.2) is 5.96 Å². The zero-order chi connectivity index (χ0) is 25.5. The lowest BCUT2D eigenvalue weighted by atomic mass is 10.0. The number of aromatic nitrogens is 2. The van der Waals surface area contributed by atoms with E-state index >= 15 is 4.39 Å². The van der Waals surface area contributed by atoms with Crippen molar-refractivity contribution in [2.45, 2.75) is 25.6 Å². The molecule has 2 heterocycles. The van der Waals surface area contributed by atoms with Crippen LogP contribution in [0.15, 0.2) is 65.9 Å². The molecule has 3 aromatic rings. The molecule has 4 N–H and O–H groups in total. The number of guanidine groups is 1. The molecule has 1 aliphatic heterocycles. The first-order chi connectivity index (χ1) is 17.4. The zero-order valence-electron chi connectivity index (χ0n) is 19.3. The summed E-state index contributed by atoms with van der Waals surface area (Å²) in [6.07, 6.45) is 3.20. The van der Waals surface area contributed by atoms with Gasteiger partial charge in [-0.3, -0.25) is 0 Å². The van der Waals surface area contributed by atoms with Crippen molar-refractivity contribution in [3.63, 3.8) is 0 Å². The predicted molar refractivity (Wildman–Crippen MR) is 131 cm³/mol. The maximum atomic E-state index is 15.0. The van der Waals surface area contributed by atoms with Crippen LogP contribution in [0.3, 0.4) is 0 Å². The number of nitrogens with zero attached hydrogens (tertiary/aromatic N) is 4. The standard InChI is InChI=1S/C25H25FN6O4/c26-21-17(15-35-25(34)31-23(27)28)7-4-8-20(21)18-13-29-24(30-14-18)32-11-9-19(10-12-32)36-22(33)16-5-2-1-3-6-16/h1-8,13-14,19H,9-12,15H2,(H4,27,28,31,34). The zero-order valence-corrected chi connectivity index (χ0v) is 19.3. The van der Waals surface area contributed by atoms with Crippen LogP contribution in [0.5, 0.6) is 0 Å². The normalized spacial score (nSPS) is 13.6. The number of aliphatic imine (C=N–C) groups is 1. The van der Waals surface area contributed by atoms with Crippen LogP contribution >= 0.6 is 0 Å². The SMILES string of the molecule is NC(N)=NC(=O)OCc1cccc(-c2cnc(N3CCC(OC(=O)c4ccccc4)CC3)nc2)c1F. The van der Waals surface area contributed by atoms with Crippen LogP contribution in [0.4, 0.5) is 15.1 Å². The van der Waals surface area contributed by atoms with Crippen LogP contribution in [0.25, 0.3) is 11.1 Å². The Labute approximate surface area is 206 Å². The highest BCUT2D eigenvalue weighted by molar-refractivity contribution is 5.89. The van der Waals surface area contributed by atoms with Crippen molar-refractivity contribution < 1.29 is 23.5 Å².